The van der Waals surface area contributed by atoms with Crippen molar-refractivity contribution in [3.05, 3.63) is 64.3 Å². The molecule has 4 amide bonds. The lowest BCUT2D eigenvalue weighted by molar-refractivity contribution is -0.136. The fraction of sp³-hybridized carbons (Fsp3) is 0.438. The van der Waals surface area contributed by atoms with Gasteiger partial charge < -0.3 is 30.7 Å². The van der Waals surface area contributed by atoms with E-state index in [1.165, 1.54) is 29.3 Å². The average molecular weight is 602 g/mol. The number of Topliss-reactive ketones (excluding diaryl/α,β-unsaturated/α-hetero) is 1. The number of para-hydroxylation sites is 1. The summed E-state index contributed by atoms with van der Waals surface area (Å²) < 4.78 is 6.92. The van der Waals surface area contributed by atoms with Crippen LogP contribution >= 0.6 is 0 Å². The van der Waals surface area contributed by atoms with E-state index < -0.39 is 41.5 Å². The molecule has 6 atom stereocenters. The smallest absolute Gasteiger partial charge is 0.287 e. The average Bonchev–Trinajstić information content (AvgIpc) is 3.57. The molecule has 4 aliphatic carbocycles. The van der Waals surface area contributed by atoms with E-state index >= 15 is 0 Å². The number of nitrogens with two attached hydrogens (primary N) is 1. The molecule has 0 saturated heterocycles. The van der Waals surface area contributed by atoms with Crippen molar-refractivity contribution in [2.24, 2.45) is 29.4 Å². The molecule has 1 aromatic carbocycles. The van der Waals surface area contributed by atoms with Gasteiger partial charge in [0.05, 0.1) is 0 Å². The van der Waals surface area contributed by atoms with Gasteiger partial charge in [0.1, 0.15) is 23.9 Å². The Morgan fingerprint density at radius 3 is 2.55 bits per heavy atom. The second-order valence-corrected chi connectivity index (χ2v) is 12.3. The molecule has 2 aromatic heterocycles. The normalized spacial score (nSPS) is 23.8. The number of aryl methyl sites for hydroxylation is 1. The van der Waals surface area contributed by atoms with E-state index in [0.29, 0.717) is 28.9 Å². The lowest BCUT2D eigenvalue weighted by atomic mass is 9.79. The lowest BCUT2D eigenvalue weighted by Crippen LogP contribution is -2.46. The van der Waals surface area contributed by atoms with Gasteiger partial charge >= 0.3 is 0 Å². The first kappa shape index (κ1) is 29.3. The van der Waals surface area contributed by atoms with Gasteiger partial charge in [-0.25, -0.2) is 0 Å². The quantitative estimate of drug-likeness (QED) is 0.242. The number of rotatable bonds is 11. The first-order valence-electron chi connectivity index (χ1n) is 15.0. The monoisotopic (exact) mass is 601 g/mol. The molecule has 230 valence electrons. The van der Waals surface area contributed by atoms with Crippen LogP contribution in [0.15, 0.2) is 51.8 Å². The third kappa shape index (κ3) is 5.63. The van der Waals surface area contributed by atoms with Crippen LogP contribution in [-0.4, -0.2) is 46.1 Å². The van der Waals surface area contributed by atoms with Gasteiger partial charge in [-0.15, -0.1) is 0 Å². The van der Waals surface area contributed by atoms with E-state index in [9.17, 15) is 28.8 Å². The Labute approximate surface area is 252 Å². The van der Waals surface area contributed by atoms with E-state index in [1.807, 2.05) is 0 Å². The maximum absolute atomic E-state index is 13.4. The summed E-state index contributed by atoms with van der Waals surface area (Å²) in [6.07, 6.45) is 5.53. The van der Waals surface area contributed by atoms with Crippen molar-refractivity contribution in [2.45, 2.75) is 64.1 Å². The van der Waals surface area contributed by atoms with Crippen molar-refractivity contribution < 1.29 is 28.4 Å². The molecule has 0 spiro atoms. The van der Waals surface area contributed by atoms with Crippen molar-refractivity contribution >= 4 is 46.1 Å². The van der Waals surface area contributed by atoms with Crippen molar-refractivity contribution in [3.63, 3.8) is 0 Å². The predicted octanol–water partition coefficient (Wildman–Crippen LogP) is 2.03. The van der Waals surface area contributed by atoms with E-state index in [0.717, 1.165) is 30.6 Å². The molecule has 0 radical (unpaired) electrons. The summed E-state index contributed by atoms with van der Waals surface area (Å²) >= 11 is 0. The molecule has 4 saturated carbocycles. The Hall–Kier alpha value is -4.74. The van der Waals surface area contributed by atoms with Crippen LogP contribution in [0.5, 0.6) is 0 Å². The maximum Gasteiger partial charge on any atom is 0.287 e. The predicted molar refractivity (Wildman–Crippen MR) is 159 cm³/mol. The number of nitrogens with zero attached hydrogens (tertiary/aromatic N) is 1. The second kappa shape index (κ2) is 11.7. The molecule has 2 heterocycles. The number of pyridine rings is 1. The number of ketones is 1. The number of anilines is 1. The molecule has 5 unspecified atom stereocenters. The van der Waals surface area contributed by atoms with E-state index in [-0.39, 0.29) is 36.4 Å². The number of carbonyl (C=O) groups is 5. The maximum atomic E-state index is 13.4. The third-order valence-corrected chi connectivity index (χ3v) is 9.58. The highest BCUT2D eigenvalue weighted by molar-refractivity contribution is 6.35. The summed E-state index contributed by atoms with van der Waals surface area (Å²) in [5, 5.41) is 8.97. The minimum Gasteiger partial charge on any atom is -0.451 e. The number of furan rings is 1. The van der Waals surface area contributed by atoms with Crippen LogP contribution in [0.25, 0.3) is 11.0 Å². The molecule has 3 aromatic rings. The van der Waals surface area contributed by atoms with Crippen LogP contribution in [0.3, 0.4) is 0 Å². The Kier molecular flexibility index (Phi) is 7.83. The Bertz CT molecular complexity index is 1720. The van der Waals surface area contributed by atoms with Crippen molar-refractivity contribution in [2.75, 3.05) is 5.32 Å². The highest BCUT2D eigenvalue weighted by Crippen LogP contribution is 2.58. The van der Waals surface area contributed by atoms with Crippen LogP contribution in [0.1, 0.15) is 54.6 Å². The molecule has 0 aliphatic heterocycles. The van der Waals surface area contributed by atoms with Gasteiger partial charge in [-0.3, -0.25) is 28.8 Å². The molecular weight excluding hydrogens is 566 g/mol. The zero-order valence-corrected chi connectivity index (χ0v) is 24.3. The van der Waals surface area contributed by atoms with Gasteiger partial charge in [-0.1, -0.05) is 18.2 Å². The van der Waals surface area contributed by atoms with Crippen molar-refractivity contribution in [3.8, 4) is 0 Å². The fourth-order valence-corrected chi connectivity index (χ4v) is 7.61. The molecule has 12 nitrogen and oxygen atoms in total. The minimum absolute atomic E-state index is 0.0121. The Morgan fingerprint density at radius 1 is 1.02 bits per heavy atom. The van der Waals surface area contributed by atoms with E-state index in [4.69, 9.17) is 10.2 Å². The first-order valence-corrected chi connectivity index (χ1v) is 15.0. The van der Waals surface area contributed by atoms with Crippen molar-refractivity contribution in [1.82, 2.24) is 15.2 Å². The summed E-state index contributed by atoms with van der Waals surface area (Å²) in [4.78, 5) is 76.0. The molecule has 4 aliphatic rings. The molecule has 4 fully saturated rings. The van der Waals surface area contributed by atoms with Crippen LogP contribution < -0.4 is 27.2 Å². The molecule has 7 rings (SSSR count). The Balaban J connectivity index is 1.15. The number of hydrogen-bond acceptors (Lipinski definition) is 7. The SMILES string of the molecule is Cc1c(C(=O)N[C@@H](CCC(=O)C(N)=O)C(=O)Nc2cccn(CC(=O)NC3C4CC5CC(C4)C3C5)c2=O)oc2ccccc12. The largest absolute Gasteiger partial charge is 0.451 e. The molecule has 5 N–H and O–H groups in total. The van der Waals surface area contributed by atoms with Gasteiger partial charge in [0, 0.05) is 29.6 Å². The second-order valence-electron chi connectivity index (χ2n) is 12.3. The van der Waals surface area contributed by atoms with E-state index in [1.54, 1.807) is 31.2 Å². The summed E-state index contributed by atoms with van der Waals surface area (Å²) in [5.74, 6) is -1.35. The zero-order chi connectivity index (χ0) is 31.1. The number of fused-ring (bicyclic) bond motifs is 1. The minimum atomic E-state index is -1.32. The van der Waals surface area contributed by atoms with Gasteiger partial charge in [-0.05, 0) is 80.9 Å². The summed E-state index contributed by atoms with van der Waals surface area (Å²) in [5.41, 5.74) is 5.41. The number of carbonyl (C=O) groups excluding carboxylic acids is 5. The third-order valence-electron chi connectivity index (χ3n) is 9.58. The number of amides is 4. The summed E-state index contributed by atoms with van der Waals surface area (Å²) in [7, 11) is 0. The van der Waals surface area contributed by atoms with E-state index in [2.05, 4.69) is 16.0 Å². The van der Waals surface area contributed by atoms with Gasteiger partial charge in [0.25, 0.3) is 17.4 Å². The Morgan fingerprint density at radius 2 is 1.80 bits per heavy atom. The molecule has 4 bridgehead atoms. The standard InChI is InChI=1S/C32H35N5O7/c1-16-20-5-2-3-7-25(20)44-28(16)31(42)34-22(8-9-24(38)29(33)40)30(41)35-23-6-4-10-37(32(23)43)15-26(39)36-27-19-12-17-11-18(14-19)21(27)13-17/h2-7,10,17-19,21-22,27H,8-9,11-15H2,1H3,(H2,33,40)(H,34,42)(H,35,41)(H,36,39)/t17?,18?,19?,21?,22-,27?/m0/s1. The van der Waals surface area contributed by atoms with Crippen LogP contribution in [0, 0.1) is 30.6 Å². The highest BCUT2D eigenvalue weighted by Gasteiger charge is 2.54. The van der Waals surface area contributed by atoms with Gasteiger partial charge in [0.15, 0.2) is 5.76 Å². The number of hydrogen-bond donors (Lipinski definition) is 4. The first-order chi connectivity index (χ1) is 21.1. The zero-order valence-electron chi connectivity index (χ0n) is 24.3. The van der Waals surface area contributed by atoms with Crippen LogP contribution in [-0.2, 0) is 25.7 Å². The summed E-state index contributed by atoms with van der Waals surface area (Å²) in [6.45, 7) is 1.50. The van der Waals surface area contributed by atoms with Gasteiger partial charge in [0.2, 0.25) is 17.6 Å². The van der Waals surface area contributed by atoms with Gasteiger partial charge in [-0.2, -0.15) is 0 Å². The molecular formula is C32H35N5O7. The number of primary amides is 1. The number of benzene rings is 1. The molecule has 12 heteroatoms. The summed E-state index contributed by atoms with van der Waals surface area (Å²) in [6, 6.07) is 8.81. The van der Waals surface area contributed by atoms with Crippen LogP contribution in [0.4, 0.5) is 5.69 Å². The molecule has 44 heavy (non-hydrogen) atoms. The number of nitrogens with one attached hydrogen (secondary N) is 3. The lowest BCUT2D eigenvalue weighted by Gasteiger charge is -2.32. The highest BCUT2D eigenvalue weighted by atomic mass is 16.3. The number of aromatic nitrogens is 1. The fourth-order valence-electron chi connectivity index (χ4n) is 7.61. The topological polar surface area (TPSA) is 183 Å². The van der Waals surface area contributed by atoms with Crippen molar-refractivity contribution in [1.29, 1.82) is 0 Å². The van der Waals surface area contributed by atoms with Crippen LogP contribution in [0.2, 0.25) is 0 Å².